The van der Waals surface area contributed by atoms with Crippen LogP contribution in [0.3, 0.4) is 0 Å². The fourth-order valence-corrected chi connectivity index (χ4v) is 4.89. The van der Waals surface area contributed by atoms with Gasteiger partial charge < -0.3 is 14.8 Å². The Morgan fingerprint density at radius 3 is 2.22 bits per heavy atom. The number of rotatable bonds is 11. The molecule has 4 aromatic rings. The second-order valence-electron chi connectivity index (χ2n) is 8.64. The minimum absolute atomic E-state index is 0.174. The van der Waals surface area contributed by atoms with Crippen LogP contribution >= 0.6 is 0 Å². The van der Waals surface area contributed by atoms with Crippen LogP contribution in [0.1, 0.15) is 15.9 Å². The van der Waals surface area contributed by atoms with Crippen LogP contribution in [-0.4, -0.2) is 47.2 Å². The van der Waals surface area contributed by atoms with E-state index in [4.69, 9.17) is 9.47 Å². The molecule has 11 heteroatoms. The molecule has 0 heterocycles. The highest BCUT2D eigenvalue weighted by atomic mass is 32.2. The van der Waals surface area contributed by atoms with E-state index in [2.05, 4.69) is 15.8 Å². The number of para-hydroxylation sites is 2. The average molecular weight is 573 g/mol. The maximum absolute atomic E-state index is 12.8. The number of hydrogen-bond donors (Lipinski definition) is 2. The van der Waals surface area contributed by atoms with Gasteiger partial charge in [-0.1, -0.05) is 30.3 Å². The highest BCUT2D eigenvalue weighted by Gasteiger charge is 2.21. The van der Waals surface area contributed by atoms with Crippen molar-refractivity contribution in [3.63, 3.8) is 0 Å². The third-order valence-electron chi connectivity index (χ3n) is 5.91. The third kappa shape index (κ3) is 7.49. The molecule has 10 nitrogen and oxygen atoms in total. The van der Waals surface area contributed by atoms with Crippen molar-refractivity contribution in [1.82, 2.24) is 5.43 Å². The van der Waals surface area contributed by atoms with Gasteiger partial charge in [-0.2, -0.15) is 5.10 Å². The second kappa shape index (κ2) is 13.3. The number of methoxy groups -OCH3 is 1. The molecule has 0 aliphatic rings. The Morgan fingerprint density at radius 2 is 1.54 bits per heavy atom. The van der Waals surface area contributed by atoms with Crippen LogP contribution < -0.4 is 24.5 Å². The van der Waals surface area contributed by atoms with Crippen molar-refractivity contribution in [3.8, 4) is 11.5 Å². The van der Waals surface area contributed by atoms with Crippen LogP contribution in [0.5, 0.6) is 11.5 Å². The van der Waals surface area contributed by atoms with E-state index in [0.717, 1.165) is 4.31 Å². The Labute approximate surface area is 238 Å². The van der Waals surface area contributed by atoms with Gasteiger partial charge in [0, 0.05) is 12.6 Å². The van der Waals surface area contributed by atoms with Gasteiger partial charge in [-0.15, -0.1) is 0 Å². The Bertz CT molecular complexity index is 1620. The first-order chi connectivity index (χ1) is 19.8. The van der Waals surface area contributed by atoms with Gasteiger partial charge in [-0.05, 0) is 78.4 Å². The summed E-state index contributed by atoms with van der Waals surface area (Å²) < 4.78 is 37.5. The van der Waals surface area contributed by atoms with Crippen molar-refractivity contribution in [3.05, 3.63) is 114 Å². The van der Waals surface area contributed by atoms with Gasteiger partial charge in [0.15, 0.2) is 6.61 Å². The molecule has 0 radical (unpaired) electrons. The van der Waals surface area contributed by atoms with Gasteiger partial charge in [0.1, 0.15) is 11.5 Å². The predicted molar refractivity (Wildman–Crippen MR) is 157 cm³/mol. The topological polar surface area (TPSA) is 126 Å². The van der Waals surface area contributed by atoms with E-state index in [-0.39, 0.29) is 17.4 Å². The molecule has 0 spiro atoms. The lowest BCUT2D eigenvalue weighted by Gasteiger charge is -2.19. The first-order valence-electron chi connectivity index (χ1n) is 12.4. The molecular weight excluding hydrogens is 544 g/mol. The number of sulfonamides is 1. The lowest BCUT2D eigenvalue weighted by molar-refractivity contribution is -0.118. The second-order valence-corrected chi connectivity index (χ2v) is 10.6. The highest BCUT2D eigenvalue weighted by Crippen LogP contribution is 2.23. The van der Waals surface area contributed by atoms with Crippen LogP contribution in [-0.2, 0) is 14.8 Å². The minimum Gasteiger partial charge on any atom is -0.495 e. The van der Waals surface area contributed by atoms with Crippen LogP contribution in [0, 0.1) is 0 Å². The Hall–Kier alpha value is -5.16. The molecular formula is C30H28N4O6S. The number of anilines is 2. The Kier molecular flexibility index (Phi) is 9.33. The molecule has 41 heavy (non-hydrogen) atoms. The normalized spacial score (nSPS) is 11.1. The number of ether oxygens (including phenoxy) is 2. The Morgan fingerprint density at radius 1 is 0.878 bits per heavy atom. The molecule has 0 saturated carbocycles. The van der Waals surface area contributed by atoms with E-state index < -0.39 is 15.9 Å². The molecule has 2 amide bonds. The van der Waals surface area contributed by atoms with Crippen LogP contribution in [0.4, 0.5) is 11.4 Å². The number of carbonyl (C=O) groups is 2. The van der Waals surface area contributed by atoms with E-state index in [9.17, 15) is 18.0 Å². The first-order valence-corrected chi connectivity index (χ1v) is 13.8. The molecule has 2 N–H and O–H groups in total. The summed E-state index contributed by atoms with van der Waals surface area (Å²) in [5, 5.41) is 6.71. The van der Waals surface area contributed by atoms with Crippen LogP contribution in [0.2, 0.25) is 0 Å². The number of benzene rings is 4. The molecule has 0 atom stereocenters. The third-order valence-corrected chi connectivity index (χ3v) is 7.71. The molecule has 0 aliphatic heterocycles. The number of amides is 2. The smallest absolute Gasteiger partial charge is 0.271 e. The lowest BCUT2D eigenvalue weighted by Crippen LogP contribution is -2.26. The molecule has 0 fully saturated rings. The number of nitrogens with one attached hydrogen (secondary N) is 2. The van der Waals surface area contributed by atoms with Crippen molar-refractivity contribution in [2.75, 3.05) is 30.4 Å². The summed E-state index contributed by atoms with van der Waals surface area (Å²) in [4.78, 5) is 24.9. The number of carbonyl (C=O) groups excluding carboxylic acids is 2. The molecule has 4 rings (SSSR count). The van der Waals surface area contributed by atoms with Gasteiger partial charge in [-0.3, -0.25) is 13.9 Å². The largest absolute Gasteiger partial charge is 0.495 e. The highest BCUT2D eigenvalue weighted by molar-refractivity contribution is 7.92. The summed E-state index contributed by atoms with van der Waals surface area (Å²) in [6.07, 6.45) is 1.46. The first kappa shape index (κ1) is 28.8. The lowest BCUT2D eigenvalue weighted by atomic mass is 10.2. The molecule has 0 aliphatic carbocycles. The molecule has 0 aromatic heterocycles. The van der Waals surface area contributed by atoms with Crippen LogP contribution in [0.25, 0.3) is 0 Å². The number of hydrogen-bond acceptors (Lipinski definition) is 7. The maximum Gasteiger partial charge on any atom is 0.271 e. The zero-order chi connectivity index (χ0) is 29.2. The van der Waals surface area contributed by atoms with Gasteiger partial charge in [0.25, 0.3) is 21.8 Å². The zero-order valence-electron chi connectivity index (χ0n) is 22.4. The standard InChI is InChI=1S/C30H28N4O6S/c1-34(41(37,38)26-8-4-3-5-9-26)24-16-14-23(15-17-24)30(36)33-31-20-22-12-18-25(19-13-22)40-21-29(35)32-27-10-6-7-11-28(27)39-2/h3-20H,21H2,1-2H3,(H,32,35)(H,33,36)/b31-20-. The van der Waals surface area contributed by atoms with E-state index in [1.54, 1.807) is 72.8 Å². The SMILES string of the molecule is COc1ccccc1NC(=O)COc1ccc(/C=N\NC(=O)c2ccc(N(C)S(=O)(=O)c3ccccc3)cc2)cc1. The van der Waals surface area contributed by atoms with E-state index in [1.165, 1.54) is 44.6 Å². The molecule has 4 aromatic carbocycles. The summed E-state index contributed by atoms with van der Waals surface area (Å²) in [5.74, 6) is 0.249. The maximum atomic E-state index is 12.8. The minimum atomic E-state index is -3.72. The number of hydrazone groups is 1. The summed E-state index contributed by atoms with van der Waals surface area (Å²) in [6.45, 7) is -0.186. The summed E-state index contributed by atoms with van der Waals surface area (Å²) in [5.41, 5.74) is 4.41. The average Bonchev–Trinajstić information content (AvgIpc) is 3.01. The predicted octanol–water partition coefficient (Wildman–Crippen LogP) is 4.30. The summed E-state index contributed by atoms with van der Waals surface area (Å²) >= 11 is 0. The van der Waals surface area contributed by atoms with Gasteiger partial charge in [0.2, 0.25) is 0 Å². The van der Waals surface area contributed by atoms with Crippen LogP contribution in [0.15, 0.2) is 113 Å². The fraction of sp³-hybridized carbons (Fsp3) is 0.100. The quantitative estimate of drug-likeness (QED) is 0.204. The van der Waals surface area contributed by atoms with Crippen molar-refractivity contribution >= 4 is 39.4 Å². The van der Waals surface area contributed by atoms with E-state index >= 15 is 0 Å². The van der Waals surface area contributed by atoms with Crippen molar-refractivity contribution in [2.45, 2.75) is 4.90 Å². The molecule has 0 unspecified atom stereocenters. The van der Waals surface area contributed by atoms with Gasteiger partial charge in [0.05, 0.1) is 29.6 Å². The van der Waals surface area contributed by atoms with Gasteiger partial charge in [-0.25, -0.2) is 13.8 Å². The summed E-state index contributed by atoms with van der Waals surface area (Å²) in [7, 11) is -0.742. The van der Waals surface area contributed by atoms with Crippen molar-refractivity contribution < 1.29 is 27.5 Å². The molecule has 210 valence electrons. The fourth-order valence-electron chi connectivity index (χ4n) is 3.68. The van der Waals surface area contributed by atoms with Gasteiger partial charge >= 0.3 is 0 Å². The number of nitrogens with zero attached hydrogens (tertiary/aromatic N) is 2. The van der Waals surface area contributed by atoms with E-state index in [1.807, 2.05) is 6.07 Å². The molecule has 0 bridgehead atoms. The summed E-state index contributed by atoms with van der Waals surface area (Å²) in [6, 6.07) is 28.1. The van der Waals surface area contributed by atoms with Crippen molar-refractivity contribution in [2.24, 2.45) is 5.10 Å². The molecule has 0 saturated heterocycles. The monoisotopic (exact) mass is 572 g/mol. The van der Waals surface area contributed by atoms with Crippen molar-refractivity contribution in [1.29, 1.82) is 0 Å². The zero-order valence-corrected chi connectivity index (χ0v) is 23.2. The Balaban J connectivity index is 1.27. The van der Waals surface area contributed by atoms with E-state index in [0.29, 0.717) is 34.0 Å².